The summed E-state index contributed by atoms with van der Waals surface area (Å²) in [5, 5.41) is 9.29. The summed E-state index contributed by atoms with van der Waals surface area (Å²) in [5.41, 5.74) is 0. The van der Waals surface area contributed by atoms with Gasteiger partial charge in [0.1, 0.15) is 10.0 Å². The molecule has 0 radical (unpaired) electrons. The number of nitrogens with zero attached hydrogens (tertiary/aromatic N) is 2. The number of aromatic nitrogens is 1. The lowest BCUT2D eigenvalue weighted by atomic mass is 10.3. The number of aliphatic hydroxyl groups excluding tert-OH is 1. The van der Waals surface area contributed by atoms with Crippen molar-refractivity contribution in [3.8, 4) is 0 Å². The highest BCUT2D eigenvalue weighted by Crippen LogP contribution is 2.23. The van der Waals surface area contributed by atoms with Crippen molar-refractivity contribution in [2.75, 3.05) is 13.6 Å². The second kappa shape index (κ2) is 6.16. The Balaban J connectivity index is 2.95. The van der Waals surface area contributed by atoms with Crippen molar-refractivity contribution >= 4 is 33.2 Å². The normalized spacial score (nSPS) is 13.9. The number of pyridine rings is 1. The molecule has 8 heteroatoms. The van der Waals surface area contributed by atoms with Gasteiger partial charge in [0.25, 0.3) is 0 Å². The Labute approximate surface area is 116 Å². The fraction of sp³-hybridized carbons (Fsp3) is 0.500. The summed E-state index contributed by atoms with van der Waals surface area (Å²) >= 11 is 11.4. The third-order valence-corrected chi connectivity index (χ3v) is 4.85. The molecule has 1 aromatic heterocycles. The highest BCUT2D eigenvalue weighted by atomic mass is 35.5. The summed E-state index contributed by atoms with van der Waals surface area (Å²) < 4.78 is 25.4. The molecule has 1 N–H and O–H groups in total. The molecule has 18 heavy (non-hydrogen) atoms. The standard InChI is InChI=1S/C10H14Cl2N2O3S/c1-7(15)3-4-14(2)18(16,17)8-5-9(11)10(12)13-6-8/h5-7,15H,3-4H2,1-2H3. The zero-order valence-electron chi connectivity index (χ0n) is 9.97. The van der Waals surface area contributed by atoms with Gasteiger partial charge in [-0.25, -0.2) is 17.7 Å². The van der Waals surface area contributed by atoms with Crippen molar-refractivity contribution in [2.24, 2.45) is 0 Å². The zero-order chi connectivity index (χ0) is 13.9. The van der Waals surface area contributed by atoms with E-state index in [2.05, 4.69) is 4.98 Å². The van der Waals surface area contributed by atoms with E-state index >= 15 is 0 Å². The van der Waals surface area contributed by atoms with E-state index < -0.39 is 16.1 Å². The zero-order valence-corrected chi connectivity index (χ0v) is 12.3. The van der Waals surface area contributed by atoms with Gasteiger partial charge in [-0.2, -0.15) is 0 Å². The quantitative estimate of drug-likeness (QED) is 0.841. The first-order valence-electron chi connectivity index (χ1n) is 5.20. The topological polar surface area (TPSA) is 70.5 Å². The Morgan fingerprint density at radius 2 is 2.11 bits per heavy atom. The summed E-state index contributed by atoms with van der Waals surface area (Å²) in [6.07, 6.45) is 0.946. The number of halogens is 2. The predicted octanol–water partition coefficient (Wildman–Crippen LogP) is 1.78. The Morgan fingerprint density at radius 3 is 2.61 bits per heavy atom. The molecule has 0 aliphatic carbocycles. The van der Waals surface area contributed by atoms with E-state index in [1.807, 2.05) is 0 Å². The van der Waals surface area contributed by atoms with Gasteiger partial charge in [-0.15, -0.1) is 0 Å². The van der Waals surface area contributed by atoms with Gasteiger partial charge < -0.3 is 5.11 Å². The van der Waals surface area contributed by atoms with Crippen LogP contribution in [0.5, 0.6) is 0 Å². The molecule has 0 saturated heterocycles. The highest BCUT2D eigenvalue weighted by Gasteiger charge is 2.22. The molecule has 1 rings (SSSR count). The summed E-state index contributed by atoms with van der Waals surface area (Å²) in [6, 6.07) is 1.26. The Bertz CT molecular complexity index is 520. The van der Waals surface area contributed by atoms with Crippen LogP contribution in [0.4, 0.5) is 0 Å². The molecule has 1 aromatic rings. The second-order valence-electron chi connectivity index (χ2n) is 3.91. The van der Waals surface area contributed by atoms with Crippen molar-refractivity contribution in [1.82, 2.24) is 9.29 Å². The van der Waals surface area contributed by atoms with Crippen LogP contribution in [-0.2, 0) is 10.0 Å². The van der Waals surface area contributed by atoms with E-state index in [-0.39, 0.29) is 21.6 Å². The molecule has 0 fully saturated rings. The maximum Gasteiger partial charge on any atom is 0.244 e. The first-order valence-corrected chi connectivity index (χ1v) is 7.40. The number of aliphatic hydroxyl groups is 1. The van der Waals surface area contributed by atoms with E-state index in [1.165, 1.54) is 13.1 Å². The third kappa shape index (κ3) is 3.80. The molecule has 102 valence electrons. The van der Waals surface area contributed by atoms with Gasteiger partial charge in [0.05, 0.1) is 11.1 Å². The van der Waals surface area contributed by atoms with Crippen molar-refractivity contribution in [2.45, 2.75) is 24.3 Å². The van der Waals surface area contributed by atoms with Gasteiger partial charge in [-0.05, 0) is 19.4 Å². The summed E-state index contributed by atoms with van der Waals surface area (Å²) in [5.74, 6) is 0. The molecule has 0 amide bonds. The average Bonchev–Trinajstić information content (AvgIpc) is 2.29. The molecule has 1 atom stereocenters. The Hall–Kier alpha value is -0.400. The minimum absolute atomic E-state index is 0.0232. The molecule has 0 aliphatic rings. The first kappa shape index (κ1) is 15.7. The predicted molar refractivity (Wildman–Crippen MR) is 70.4 cm³/mol. The maximum atomic E-state index is 12.1. The third-order valence-electron chi connectivity index (χ3n) is 2.34. The number of rotatable bonds is 5. The molecular weight excluding hydrogens is 299 g/mol. The lowest BCUT2D eigenvalue weighted by Gasteiger charge is -2.17. The SMILES string of the molecule is CC(O)CCN(C)S(=O)(=O)c1cnc(Cl)c(Cl)c1. The molecule has 1 heterocycles. The van der Waals surface area contributed by atoms with E-state index in [4.69, 9.17) is 28.3 Å². The van der Waals surface area contributed by atoms with E-state index in [0.717, 1.165) is 10.5 Å². The fourth-order valence-corrected chi connectivity index (χ4v) is 2.71. The molecule has 1 unspecified atom stereocenters. The lowest BCUT2D eigenvalue weighted by molar-refractivity contribution is 0.177. The van der Waals surface area contributed by atoms with Gasteiger partial charge in [0.15, 0.2) is 0 Å². The molecule has 0 saturated carbocycles. The Morgan fingerprint density at radius 1 is 1.50 bits per heavy atom. The molecule has 5 nitrogen and oxygen atoms in total. The van der Waals surface area contributed by atoms with Crippen molar-refractivity contribution in [3.05, 3.63) is 22.4 Å². The van der Waals surface area contributed by atoms with Crippen LogP contribution in [0.1, 0.15) is 13.3 Å². The summed E-state index contributed by atoms with van der Waals surface area (Å²) in [4.78, 5) is 3.68. The Kier molecular flexibility index (Phi) is 5.36. The van der Waals surface area contributed by atoms with Gasteiger partial charge in [-0.3, -0.25) is 0 Å². The molecule has 0 aromatic carbocycles. The highest BCUT2D eigenvalue weighted by molar-refractivity contribution is 7.89. The molecule has 0 spiro atoms. The van der Waals surface area contributed by atoms with Gasteiger partial charge in [0.2, 0.25) is 10.0 Å². The smallest absolute Gasteiger partial charge is 0.244 e. The van der Waals surface area contributed by atoms with Crippen molar-refractivity contribution < 1.29 is 13.5 Å². The van der Waals surface area contributed by atoms with Crippen LogP contribution in [0.15, 0.2) is 17.2 Å². The minimum Gasteiger partial charge on any atom is -0.393 e. The molecule has 0 bridgehead atoms. The van der Waals surface area contributed by atoms with Gasteiger partial charge in [-0.1, -0.05) is 23.2 Å². The molecular formula is C10H14Cl2N2O3S. The maximum absolute atomic E-state index is 12.1. The van der Waals surface area contributed by atoms with Crippen molar-refractivity contribution in [3.63, 3.8) is 0 Å². The van der Waals surface area contributed by atoms with Crippen LogP contribution in [0.25, 0.3) is 0 Å². The van der Waals surface area contributed by atoms with E-state index in [0.29, 0.717) is 6.42 Å². The number of hydrogen-bond donors (Lipinski definition) is 1. The van der Waals surface area contributed by atoms with Crippen molar-refractivity contribution in [1.29, 1.82) is 0 Å². The summed E-state index contributed by atoms with van der Waals surface area (Å²) in [7, 11) is -2.23. The van der Waals surface area contributed by atoms with Crippen LogP contribution in [0.3, 0.4) is 0 Å². The second-order valence-corrected chi connectivity index (χ2v) is 6.72. The molecule has 0 aliphatic heterocycles. The van der Waals surface area contributed by atoms with E-state index in [9.17, 15) is 8.42 Å². The van der Waals surface area contributed by atoms with Gasteiger partial charge in [0, 0.05) is 19.8 Å². The average molecular weight is 313 g/mol. The number of hydrogen-bond acceptors (Lipinski definition) is 4. The van der Waals surface area contributed by atoms with Gasteiger partial charge >= 0.3 is 0 Å². The first-order chi connectivity index (χ1) is 8.25. The van der Waals surface area contributed by atoms with Crippen LogP contribution >= 0.6 is 23.2 Å². The van der Waals surface area contributed by atoms with Crippen LogP contribution in [0.2, 0.25) is 10.2 Å². The fourth-order valence-electron chi connectivity index (χ4n) is 1.21. The van der Waals surface area contributed by atoms with E-state index in [1.54, 1.807) is 6.92 Å². The number of sulfonamides is 1. The van der Waals surface area contributed by atoms with Crippen LogP contribution in [0, 0.1) is 0 Å². The monoisotopic (exact) mass is 312 g/mol. The minimum atomic E-state index is -3.66. The van der Waals surface area contributed by atoms with Crippen LogP contribution < -0.4 is 0 Å². The summed E-state index contributed by atoms with van der Waals surface area (Å²) in [6.45, 7) is 1.81. The lowest BCUT2D eigenvalue weighted by Crippen LogP contribution is -2.29. The largest absolute Gasteiger partial charge is 0.393 e. The van der Waals surface area contributed by atoms with Crippen LogP contribution in [-0.4, -0.2) is 42.5 Å².